The zero-order valence-corrected chi connectivity index (χ0v) is 25.9. The van der Waals surface area contributed by atoms with Crippen molar-refractivity contribution in [3.63, 3.8) is 0 Å². The number of hydrogen-bond acceptors (Lipinski definition) is 2. The Morgan fingerprint density at radius 2 is 0.978 bits per heavy atom. The minimum Gasteiger partial charge on any atom is -0.310 e. The first-order valence-corrected chi connectivity index (χ1v) is 16.5. The monoisotopic (exact) mass is 603 g/mol. The topological polar surface area (TPSA) is 3.24 Å². The van der Waals surface area contributed by atoms with Crippen LogP contribution < -0.4 is 4.90 Å². The van der Waals surface area contributed by atoms with Crippen molar-refractivity contribution in [2.24, 2.45) is 0 Å². The highest BCUT2D eigenvalue weighted by atomic mass is 32.1. The summed E-state index contributed by atoms with van der Waals surface area (Å²) >= 11 is 1.86. The van der Waals surface area contributed by atoms with Crippen molar-refractivity contribution in [3.8, 4) is 22.3 Å². The van der Waals surface area contributed by atoms with Crippen LogP contribution in [0, 0.1) is 0 Å². The molecular weight excluding hydrogens is 575 g/mol. The lowest BCUT2D eigenvalue weighted by atomic mass is 9.90. The Morgan fingerprint density at radius 1 is 0.348 bits per heavy atom. The van der Waals surface area contributed by atoms with Crippen molar-refractivity contribution < 1.29 is 0 Å². The van der Waals surface area contributed by atoms with E-state index in [-0.39, 0.29) is 0 Å². The maximum Gasteiger partial charge on any atom is 0.0546 e. The molecule has 0 saturated carbocycles. The molecular formula is C44H29NS. The van der Waals surface area contributed by atoms with Gasteiger partial charge in [0.2, 0.25) is 0 Å². The highest BCUT2D eigenvalue weighted by Gasteiger charge is 2.21. The van der Waals surface area contributed by atoms with Gasteiger partial charge < -0.3 is 4.90 Å². The van der Waals surface area contributed by atoms with Crippen LogP contribution in [-0.4, -0.2) is 0 Å². The number of benzene rings is 8. The maximum atomic E-state index is 2.43. The van der Waals surface area contributed by atoms with Gasteiger partial charge >= 0.3 is 0 Å². The molecule has 0 aliphatic rings. The Labute approximate surface area is 272 Å². The minimum atomic E-state index is 1.13. The minimum absolute atomic E-state index is 1.13. The van der Waals surface area contributed by atoms with Crippen LogP contribution in [0.4, 0.5) is 17.1 Å². The van der Waals surface area contributed by atoms with Crippen molar-refractivity contribution in [2.45, 2.75) is 0 Å². The van der Waals surface area contributed by atoms with Gasteiger partial charge in [-0.3, -0.25) is 0 Å². The summed E-state index contributed by atoms with van der Waals surface area (Å²) in [5.41, 5.74) is 8.26. The molecule has 8 aromatic carbocycles. The van der Waals surface area contributed by atoms with Crippen LogP contribution in [0.25, 0.3) is 64.0 Å². The van der Waals surface area contributed by atoms with Gasteiger partial charge in [-0.15, -0.1) is 11.3 Å². The van der Waals surface area contributed by atoms with Gasteiger partial charge in [-0.25, -0.2) is 0 Å². The first kappa shape index (κ1) is 26.7. The molecule has 0 bridgehead atoms. The smallest absolute Gasteiger partial charge is 0.0546 e. The predicted octanol–water partition coefficient (Wildman–Crippen LogP) is 13.2. The third kappa shape index (κ3) is 4.54. The van der Waals surface area contributed by atoms with Gasteiger partial charge in [-0.05, 0) is 86.8 Å². The summed E-state index contributed by atoms with van der Waals surface area (Å²) in [7, 11) is 0. The molecule has 0 aliphatic heterocycles. The largest absolute Gasteiger partial charge is 0.310 e. The van der Waals surface area contributed by atoms with Gasteiger partial charge in [0.25, 0.3) is 0 Å². The van der Waals surface area contributed by atoms with Crippen LogP contribution >= 0.6 is 11.3 Å². The summed E-state index contributed by atoms with van der Waals surface area (Å²) < 4.78 is 2.61. The van der Waals surface area contributed by atoms with Gasteiger partial charge in [-0.2, -0.15) is 0 Å². The first-order chi connectivity index (χ1) is 22.8. The van der Waals surface area contributed by atoms with E-state index in [0.717, 1.165) is 17.1 Å². The van der Waals surface area contributed by atoms with E-state index in [2.05, 4.69) is 181 Å². The number of rotatable bonds is 5. The van der Waals surface area contributed by atoms with E-state index in [1.165, 1.54) is 64.0 Å². The fourth-order valence-electron chi connectivity index (χ4n) is 6.81. The van der Waals surface area contributed by atoms with Gasteiger partial charge in [0.15, 0.2) is 0 Å². The number of hydrogen-bond donors (Lipinski definition) is 0. The highest BCUT2D eigenvalue weighted by molar-refractivity contribution is 7.25. The zero-order valence-electron chi connectivity index (χ0n) is 25.1. The Kier molecular flexibility index (Phi) is 6.40. The molecule has 216 valence electrons. The van der Waals surface area contributed by atoms with Crippen LogP contribution in [0.15, 0.2) is 176 Å². The molecule has 9 aromatic rings. The Hall–Kier alpha value is -5.70. The summed E-state index contributed by atoms with van der Waals surface area (Å²) in [4.78, 5) is 2.43. The van der Waals surface area contributed by atoms with Gasteiger partial charge in [0.05, 0.1) is 5.69 Å². The highest BCUT2D eigenvalue weighted by Crippen LogP contribution is 2.47. The van der Waals surface area contributed by atoms with E-state index in [0.29, 0.717) is 0 Å². The van der Waals surface area contributed by atoms with E-state index in [1.54, 1.807) is 0 Å². The van der Waals surface area contributed by atoms with Crippen LogP contribution in [0.3, 0.4) is 0 Å². The summed E-state index contributed by atoms with van der Waals surface area (Å²) in [5, 5.41) is 7.56. The average Bonchev–Trinajstić information content (AvgIpc) is 3.50. The summed E-state index contributed by atoms with van der Waals surface area (Å²) in [5.74, 6) is 0. The quantitative estimate of drug-likeness (QED) is 0.189. The normalized spacial score (nSPS) is 11.5. The molecule has 2 heteroatoms. The third-order valence-corrected chi connectivity index (χ3v) is 10.2. The molecule has 0 radical (unpaired) electrons. The Balaban J connectivity index is 1.32. The summed E-state index contributed by atoms with van der Waals surface area (Å²) in [6, 6.07) is 64.1. The fraction of sp³-hybridized carbons (Fsp3) is 0. The molecule has 0 atom stereocenters. The summed E-state index contributed by atoms with van der Waals surface area (Å²) in [6.07, 6.45) is 0. The Morgan fingerprint density at radius 3 is 1.80 bits per heavy atom. The second-order valence-electron chi connectivity index (χ2n) is 11.8. The number of anilines is 3. The second kappa shape index (κ2) is 11.0. The predicted molar refractivity (Wildman–Crippen MR) is 200 cm³/mol. The molecule has 0 unspecified atom stereocenters. The van der Waals surface area contributed by atoms with Crippen LogP contribution in [0.5, 0.6) is 0 Å². The van der Waals surface area contributed by atoms with E-state index < -0.39 is 0 Å². The summed E-state index contributed by atoms with van der Waals surface area (Å²) in [6.45, 7) is 0. The number of para-hydroxylation sites is 1. The number of thiophene rings is 1. The fourth-order valence-corrected chi connectivity index (χ4v) is 7.95. The van der Waals surface area contributed by atoms with Crippen molar-refractivity contribution in [1.29, 1.82) is 0 Å². The van der Waals surface area contributed by atoms with Crippen molar-refractivity contribution in [3.05, 3.63) is 176 Å². The molecule has 0 fully saturated rings. The molecule has 1 nitrogen and oxygen atoms in total. The molecule has 0 amide bonds. The molecule has 46 heavy (non-hydrogen) atoms. The van der Waals surface area contributed by atoms with Crippen LogP contribution in [0.2, 0.25) is 0 Å². The Bertz CT molecular complexity index is 2540. The average molecular weight is 604 g/mol. The van der Waals surface area contributed by atoms with Gasteiger partial charge in [0, 0.05) is 37.1 Å². The van der Waals surface area contributed by atoms with Gasteiger partial charge in [0.1, 0.15) is 0 Å². The van der Waals surface area contributed by atoms with E-state index in [1.807, 2.05) is 11.3 Å². The molecule has 0 spiro atoms. The third-order valence-electron chi connectivity index (χ3n) is 9.02. The van der Waals surface area contributed by atoms with Crippen molar-refractivity contribution in [1.82, 2.24) is 0 Å². The maximum absolute atomic E-state index is 2.43. The number of fused-ring (bicyclic) bond motifs is 5. The van der Waals surface area contributed by atoms with Crippen molar-refractivity contribution in [2.75, 3.05) is 4.90 Å². The SMILES string of the molecule is c1ccc(N(c2ccc3c(c2)sc2ccccc23)c2cc3ccccc3cc2-c2ccccc2-c2ccc3ccccc3c2)cc1. The lowest BCUT2D eigenvalue weighted by molar-refractivity contribution is 1.30. The van der Waals surface area contributed by atoms with E-state index in [9.17, 15) is 0 Å². The lowest BCUT2D eigenvalue weighted by Crippen LogP contribution is -2.11. The molecule has 0 saturated heterocycles. The second-order valence-corrected chi connectivity index (χ2v) is 12.9. The van der Waals surface area contributed by atoms with Crippen molar-refractivity contribution >= 4 is 70.1 Å². The van der Waals surface area contributed by atoms with Crippen LogP contribution in [0.1, 0.15) is 0 Å². The molecule has 0 N–H and O–H groups in total. The molecule has 0 aliphatic carbocycles. The zero-order chi connectivity index (χ0) is 30.5. The van der Waals surface area contributed by atoms with E-state index >= 15 is 0 Å². The molecule has 1 aromatic heterocycles. The first-order valence-electron chi connectivity index (χ1n) is 15.7. The lowest BCUT2D eigenvalue weighted by Gasteiger charge is -2.29. The van der Waals surface area contributed by atoms with Crippen LogP contribution in [-0.2, 0) is 0 Å². The number of nitrogens with zero attached hydrogens (tertiary/aromatic N) is 1. The van der Waals surface area contributed by atoms with E-state index in [4.69, 9.17) is 0 Å². The standard InChI is InChI=1S/C44H29NS/c1-2-16-35(17-3-1)45(36-24-25-40-39-20-10-11-21-43(39)46-44(40)29-36)42-28-33-15-7-6-14-32(33)27-41(42)38-19-9-8-18-37(38)34-23-22-30-12-4-5-13-31(30)26-34/h1-29H. The molecule has 9 rings (SSSR count). The van der Waals surface area contributed by atoms with Gasteiger partial charge in [-0.1, -0.05) is 127 Å². The molecule has 1 heterocycles.